The Morgan fingerprint density at radius 2 is 1.09 bits per heavy atom. The van der Waals surface area contributed by atoms with Crippen molar-refractivity contribution in [3.63, 3.8) is 0 Å². The fourth-order valence-corrected chi connectivity index (χ4v) is 5.64. The molecule has 12 heteroatoms. The zero-order valence-electron chi connectivity index (χ0n) is 31.2. The molecule has 0 spiro atoms. The Bertz CT molecular complexity index is 1870. The van der Waals surface area contributed by atoms with Crippen LogP contribution in [0.25, 0.3) is 0 Å². The number of amides is 2. The first kappa shape index (κ1) is 43.3. The Labute approximate surface area is 311 Å². The average molecular weight is 727 g/mol. The first-order valence-electron chi connectivity index (χ1n) is 16.9. The zero-order chi connectivity index (χ0) is 39.3. The quantitative estimate of drug-likeness (QED) is 0.103. The van der Waals surface area contributed by atoms with Gasteiger partial charge in [-0.1, -0.05) is 60.7 Å². The lowest BCUT2D eigenvalue weighted by Crippen LogP contribution is -2.30. The minimum Gasteiger partial charge on any atom is -0.496 e. The molecule has 6 rings (SSSR count). The van der Waals surface area contributed by atoms with Crippen molar-refractivity contribution in [2.24, 2.45) is 10.9 Å². The molecular formula is C41H50N4O8. The number of nitrogens with two attached hydrogens (primary N) is 1. The molecular weight excluding hydrogens is 676 g/mol. The molecule has 0 saturated carbocycles. The van der Waals surface area contributed by atoms with E-state index in [4.69, 9.17) is 30.3 Å². The number of aliphatic carboxylic acids is 1. The van der Waals surface area contributed by atoms with Gasteiger partial charge < -0.3 is 19.7 Å². The first-order chi connectivity index (χ1) is 25.5. The highest BCUT2D eigenvalue weighted by molar-refractivity contribution is 5.98. The molecule has 0 aliphatic heterocycles. The van der Waals surface area contributed by atoms with Crippen LogP contribution in [0.1, 0.15) is 73.9 Å². The second-order valence-electron chi connectivity index (χ2n) is 11.8. The summed E-state index contributed by atoms with van der Waals surface area (Å²) in [5, 5.41) is 18.7. The molecule has 2 aliphatic carbocycles. The smallest absolute Gasteiger partial charge is 0.300 e. The molecule has 2 aliphatic rings. The molecule has 0 saturated heterocycles. The highest BCUT2D eigenvalue weighted by Gasteiger charge is 2.16. The Balaban J connectivity index is 0.000000274. The number of aliphatic hydroxyl groups is 1. The highest BCUT2D eigenvalue weighted by atomic mass is 16.5. The number of nitrogens with one attached hydrogen (secondary N) is 2. The van der Waals surface area contributed by atoms with Gasteiger partial charge in [-0.05, 0) is 79.6 Å². The number of carboxylic acids is 1. The summed E-state index contributed by atoms with van der Waals surface area (Å²) in [6.07, 6.45) is 4.98. The Morgan fingerprint density at radius 3 is 1.57 bits per heavy atom. The van der Waals surface area contributed by atoms with E-state index in [0.29, 0.717) is 34.8 Å². The summed E-state index contributed by atoms with van der Waals surface area (Å²) in [6.45, 7) is 4.77. The van der Waals surface area contributed by atoms with Gasteiger partial charge in [-0.25, -0.2) is 11.3 Å². The number of aliphatic hydroxyl groups excluding tert-OH is 1. The summed E-state index contributed by atoms with van der Waals surface area (Å²) in [5.41, 5.74) is 13.8. The number of carboxylic acid groups (broad SMARTS) is 1. The molecule has 6 N–H and O–H groups in total. The van der Waals surface area contributed by atoms with Gasteiger partial charge in [0.1, 0.15) is 17.3 Å². The molecule has 12 nitrogen and oxygen atoms in total. The molecule has 2 amide bonds. The third kappa shape index (κ3) is 13.7. The fourth-order valence-electron chi connectivity index (χ4n) is 5.64. The number of methoxy groups -OCH3 is 2. The normalized spacial score (nSPS) is 12.8. The predicted molar refractivity (Wildman–Crippen MR) is 205 cm³/mol. The molecule has 4 aromatic carbocycles. The standard InChI is InChI=1S/C19H20N2O2.C10H10O.C9H12N2O2.C2H4O2.CH4O/c1-13-17(8-5-9-18(13)23-2)19(22)21-20-16-11-10-14-6-3-4-7-15(14)12-16;11-10-6-5-8-3-1-2-4-9(8)7-10;1-6-7(9(12)11-10)4-3-5-8(6)13-2;1-2(3)4;1-2/h3-9H,10-12H2,1-2H3,(H,21,22);1-4H,5-7H2;3-5H,10H2,1-2H3,(H,11,12);1H3,(H,3,4);2H,1H3. The van der Waals surface area contributed by atoms with Crippen molar-refractivity contribution < 1.29 is 38.9 Å². The van der Waals surface area contributed by atoms with Crippen molar-refractivity contribution in [1.82, 2.24) is 10.9 Å². The molecule has 282 valence electrons. The SMILES string of the molecule is CC(=O)O.CO.COc1cccc(C(=O)NN)c1C.COc1cccc(C(=O)NN=C2CCc3ccccc3C2)c1C.O=C1CCc2ccccc2C1. The van der Waals surface area contributed by atoms with Crippen LogP contribution in [0.15, 0.2) is 90.0 Å². The van der Waals surface area contributed by atoms with Crippen LogP contribution in [0.3, 0.4) is 0 Å². The van der Waals surface area contributed by atoms with Gasteiger partial charge in [0.05, 0.1) is 14.2 Å². The highest BCUT2D eigenvalue weighted by Crippen LogP contribution is 2.23. The second kappa shape index (κ2) is 22.9. The van der Waals surface area contributed by atoms with Crippen LogP contribution in [-0.2, 0) is 35.3 Å². The summed E-state index contributed by atoms with van der Waals surface area (Å²) in [6, 6.07) is 27.3. The molecule has 4 aromatic rings. The molecule has 0 unspecified atom stereocenters. The topological polar surface area (TPSA) is 190 Å². The van der Waals surface area contributed by atoms with E-state index < -0.39 is 5.97 Å². The number of ketones is 1. The molecule has 0 atom stereocenters. The first-order valence-corrected chi connectivity index (χ1v) is 16.9. The minimum absolute atomic E-state index is 0.201. The van der Waals surface area contributed by atoms with Crippen LogP contribution in [0.4, 0.5) is 0 Å². The Kier molecular flexibility index (Phi) is 18.7. The van der Waals surface area contributed by atoms with E-state index in [1.807, 2.05) is 50.2 Å². The number of nitrogens with zero attached hydrogens (tertiary/aromatic N) is 1. The number of Topliss-reactive ketones (excluding diaryl/α,β-unsaturated/α-hetero) is 1. The number of aryl methyl sites for hydroxylation is 2. The van der Waals surface area contributed by atoms with Crippen LogP contribution in [0, 0.1) is 13.8 Å². The van der Waals surface area contributed by atoms with E-state index in [9.17, 15) is 14.4 Å². The maximum atomic E-state index is 12.3. The monoisotopic (exact) mass is 726 g/mol. The van der Waals surface area contributed by atoms with Crippen molar-refractivity contribution in [1.29, 1.82) is 0 Å². The largest absolute Gasteiger partial charge is 0.496 e. The maximum Gasteiger partial charge on any atom is 0.300 e. The molecule has 0 aromatic heterocycles. The molecule has 53 heavy (non-hydrogen) atoms. The number of ether oxygens (including phenoxy) is 2. The van der Waals surface area contributed by atoms with E-state index >= 15 is 0 Å². The average Bonchev–Trinajstić information content (AvgIpc) is 3.17. The summed E-state index contributed by atoms with van der Waals surface area (Å²) < 4.78 is 10.3. The number of rotatable bonds is 5. The van der Waals surface area contributed by atoms with Gasteiger partial charge in [-0.3, -0.25) is 24.6 Å². The number of hydrazine groups is 1. The predicted octanol–water partition coefficient (Wildman–Crippen LogP) is 5.33. The van der Waals surface area contributed by atoms with Crippen molar-refractivity contribution in [2.45, 2.75) is 59.3 Å². The van der Waals surface area contributed by atoms with Gasteiger partial charge in [-0.2, -0.15) is 5.10 Å². The summed E-state index contributed by atoms with van der Waals surface area (Å²) in [4.78, 5) is 43.6. The van der Waals surface area contributed by atoms with Gasteiger partial charge in [0.2, 0.25) is 0 Å². The minimum atomic E-state index is -0.833. The van der Waals surface area contributed by atoms with Crippen LogP contribution < -0.4 is 26.2 Å². The number of hydrazone groups is 1. The third-order valence-corrected chi connectivity index (χ3v) is 8.32. The van der Waals surface area contributed by atoms with Gasteiger partial charge in [0.25, 0.3) is 17.8 Å². The van der Waals surface area contributed by atoms with Crippen LogP contribution in [0.2, 0.25) is 0 Å². The number of hydrogen-bond donors (Lipinski definition) is 5. The number of carbonyl (C=O) groups is 4. The lowest BCUT2D eigenvalue weighted by atomic mass is 9.90. The number of benzene rings is 4. The maximum absolute atomic E-state index is 12.3. The lowest BCUT2D eigenvalue weighted by Gasteiger charge is -2.17. The van der Waals surface area contributed by atoms with Gasteiger partial charge >= 0.3 is 0 Å². The number of hydrogen-bond acceptors (Lipinski definition) is 9. The lowest BCUT2D eigenvalue weighted by molar-refractivity contribution is -0.134. The van der Waals surface area contributed by atoms with Gasteiger partial charge in [0, 0.05) is 61.3 Å². The number of fused-ring (bicyclic) bond motifs is 2. The van der Waals surface area contributed by atoms with E-state index in [2.05, 4.69) is 40.2 Å². The molecule has 0 bridgehead atoms. The van der Waals surface area contributed by atoms with Crippen molar-refractivity contribution in [3.05, 3.63) is 129 Å². The summed E-state index contributed by atoms with van der Waals surface area (Å²) in [7, 11) is 4.16. The van der Waals surface area contributed by atoms with Gasteiger partial charge in [0.15, 0.2) is 0 Å². The van der Waals surface area contributed by atoms with Crippen molar-refractivity contribution >= 4 is 29.3 Å². The molecule has 0 fully saturated rings. The second-order valence-corrected chi connectivity index (χ2v) is 11.8. The van der Waals surface area contributed by atoms with Crippen molar-refractivity contribution in [3.8, 4) is 11.5 Å². The fraction of sp³-hybridized carbons (Fsp3) is 0.293. The summed E-state index contributed by atoms with van der Waals surface area (Å²) >= 11 is 0. The van der Waals surface area contributed by atoms with Crippen LogP contribution in [0.5, 0.6) is 11.5 Å². The number of nitrogen functional groups attached to an aromatic ring is 1. The van der Waals surface area contributed by atoms with E-state index in [-0.39, 0.29) is 11.8 Å². The molecule has 0 radical (unpaired) electrons. The Morgan fingerprint density at radius 1 is 0.660 bits per heavy atom. The molecule has 0 heterocycles. The van der Waals surface area contributed by atoms with Crippen molar-refractivity contribution in [2.75, 3.05) is 21.3 Å². The Hall–Kier alpha value is -5.85. The van der Waals surface area contributed by atoms with Crippen LogP contribution >= 0.6 is 0 Å². The zero-order valence-corrected chi connectivity index (χ0v) is 31.2. The van der Waals surface area contributed by atoms with E-state index in [1.54, 1.807) is 38.5 Å². The van der Waals surface area contributed by atoms with E-state index in [1.165, 1.54) is 22.3 Å². The third-order valence-electron chi connectivity index (χ3n) is 8.32. The number of carbonyl (C=O) groups excluding carboxylic acids is 3. The van der Waals surface area contributed by atoms with E-state index in [0.717, 1.165) is 63.0 Å². The summed E-state index contributed by atoms with van der Waals surface area (Å²) in [5.74, 6) is 5.45. The van der Waals surface area contributed by atoms with Crippen LogP contribution in [-0.4, -0.2) is 60.8 Å². The van der Waals surface area contributed by atoms with Gasteiger partial charge in [-0.15, -0.1) is 0 Å².